The molecule has 4 heterocycles. The number of nitrogens with zero attached hydrogens (tertiary/aromatic N) is 5. The molecular weight excluding hydrogens is 352 g/mol. The SMILES string of the molecule is Cc1c(C)n(Cc2cccnc2)c2ncnc(NCCCN3CCOCC3)c12. The third kappa shape index (κ3) is 4.00. The van der Waals surface area contributed by atoms with Crippen LogP contribution < -0.4 is 5.32 Å². The Hall–Kier alpha value is -2.51. The molecule has 1 aliphatic rings. The molecule has 0 atom stereocenters. The van der Waals surface area contributed by atoms with Gasteiger partial charge in [-0.3, -0.25) is 9.88 Å². The Labute approximate surface area is 165 Å². The third-order valence-corrected chi connectivity index (χ3v) is 5.52. The van der Waals surface area contributed by atoms with Crippen LogP contribution in [-0.2, 0) is 11.3 Å². The van der Waals surface area contributed by atoms with Crippen molar-refractivity contribution in [1.29, 1.82) is 0 Å². The molecule has 0 aliphatic carbocycles. The van der Waals surface area contributed by atoms with Gasteiger partial charge in [0, 0.05) is 37.7 Å². The first-order valence-corrected chi connectivity index (χ1v) is 9.97. The maximum absolute atomic E-state index is 5.41. The summed E-state index contributed by atoms with van der Waals surface area (Å²) in [4.78, 5) is 15.8. The van der Waals surface area contributed by atoms with E-state index in [2.05, 4.69) is 49.6 Å². The molecule has 0 bridgehead atoms. The summed E-state index contributed by atoms with van der Waals surface area (Å²) in [6, 6.07) is 4.07. The van der Waals surface area contributed by atoms with E-state index in [1.807, 2.05) is 12.3 Å². The van der Waals surface area contributed by atoms with Gasteiger partial charge in [-0.1, -0.05) is 6.07 Å². The van der Waals surface area contributed by atoms with Gasteiger partial charge >= 0.3 is 0 Å². The molecule has 0 amide bonds. The van der Waals surface area contributed by atoms with Crippen LogP contribution in [0, 0.1) is 13.8 Å². The highest BCUT2D eigenvalue weighted by molar-refractivity contribution is 5.91. The Morgan fingerprint density at radius 2 is 2.04 bits per heavy atom. The van der Waals surface area contributed by atoms with Crippen molar-refractivity contribution in [2.75, 3.05) is 44.7 Å². The van der Waals surface area contributed by atoms with Gasteiger partial charge in [-0.05, 0) is 44.0 Å². The van der Waals surface area contributed by atoms with Crippen molar-refractivity contribution < 1.29 is 4.74 Å². The van der Waals surface area contributed by atoms with Gasteiger partial charge < -0.3 is 14.6 Å². The zero-order valence-corrected chi connectivity index (χ0v) is 16.7. The quantitative estimate of drug-likeness (QED) is 0.636. The lowest BCUT2D eigenvalue weighted by atomic mass is 10.2. The Morgan fingerprint density at radius 3 is 2.82 bits per heavy atom. The van der Waals surface area contributed by atoms with Crippen LogP contribution in [0.4, 0.5) is 5.82 Å². The van der Waals surface area contributed by atoms with Crippen LogP contribution in [0.5, 0.6) is 0 Å². The van der Waals surface area contributed by atoms with Gasteiger partial charge in [0.1, 0.15) is 17.8 Å². The molecule has 4 rings (SSSR count). The van der Waals surface area contributed by atoms with E-state index in [0.717, 1.165) is 69.2 Å². The van der Waals surface area contributed by atoms with Gasteiger partial charge in [0.15, 0.2) is 0 Å². The smallest absolute Gasteiger partial charge is 0.146 e. The Morgan fingerprint density at radius 1 is 1.18 bits per heavy atom. The Bertz CT molecular complexity index is 918. The predicted octanol–water partition coefficient (Wildman–Crippen LogP) is 2.63. The summed E-state index contributed by atoms with van der Waals surface area (Å²) >= 11 is 0. The van der Waals surface area contributed by atoms with Crippen molar-refractivity contribution >= 4 is 16.9 Å². The normalized spacial score (nSPS) is 15.2. The molecule has 28 heavy (non-hydrogen) atoms. The molecule has 3 aromatic heterocycles. The van der Waals surface area contributed by atoms with Crippen LogP contribution in [0.2, 0.25) is 0 Å². The van der Waals surface area contributed by atoms with E-state index < -0.39 is 0 Å². The van der Waals surface area contributed by atoms with Gasteiger partial charge in [-0.2, -0.15) is 0 Å². The molecule has 0 unspecified atom stereocenters. The van der Waals surface area contributed by atoms with Crippen LogP contribution in [0.15, 0.2) is 30.9 Å². The monoisotopic (exact) mass is 380 g/mol. The number of aromatic nitrogens is 4. The number of hydrogen-bond acceptors (Lipinski definition) is 6. The molecular formula is C21H28N6O. The van der Waals surface area contributed by atoms with Crippen molar-refractivity contribution in [2.45, 2.75) is 26.8 Å². The summed E-state index contributed by atoms with van der Waals surface area (Å²) in [6.07, 6.45) is 6.45. The number of anilines is 1. The lowest BCUT2D eigenvalue weighted by Crippen LogP contribution is -2.37. The number of pyridine rings is 1. The summed E-state index contributed by atoms with van der Waals surface area (Å²) in [5, 5.41) is 4.66. The third-order valence-electron chi connectivity index (χ3n) is 5.52. The summed E-state index contributed by atoms with van der Waals surface area (Å²) < 4.78 is 7.66. The molecule has 148 valence electrons. The molecule has 7 heteroatoms. The standard InChI is InChI=1S/C21H28N6O/c1-16-17(2)27(14-18-5-3-6-22-13-18)21-19(16)20(24-15-25-21)23-7-4-8-26-9-11-28-12-10-26/h3,5-6,13,15H,4,7-12,14H2,1-2H3,(H,23,24,25). The molecule has 1 aliphatic heterocycles. The van der Waals surface area contributed by atoms with Crippen molar-refractivity contribution in [3.05, 3.63) is 47.7 Å². The molecule has 7 nitrogen and oxygen atoms in total. The van der Waals surface area contributed by atoms with E-state index in [0.29, 0.717) is 0 Å². The molecule has 0 saturated carbocycles. The fourth-order valence-corrected chi connectivity index (χ4v) is 3.80. The zero-order valence-electron chi connectivity index (χ0n) is 16.7. The van der Waals surface area contributed by atoms with E-state index in [9.17, 15) is 0 Å². The maximum Gasteiger partial charge on any atom is 0.146 e. The second kappa shape index (κ2) is 8.67. The molecule has 0 aromatic carbocycles. The Balaban J connectivity index is 1.49. The first kappa shape index (κ1) is 18.8. The second-order valence-corrected chi connectivity index (χ2v) is 7.31. The maximum atomic E-state index is 5.41. The van der Waals surface area contributed by atoms with Gasteiger partial charge in [0.25, 0.3) is 0 Å². The molecule has 1 saturated heterocycles. The number of ether oxygens (including phenoxy) is 1. The fraction of sp³-hybridized carbons (Fsp3) is 0.476. The average Bonchev–Trinajstić information content (AvgIpc) is 2.98. The fourth-order valence-electron chi connectivity index (χ4n) is 3.80. The molecule has 3 aromatic rings. The average molecular weight is 380 g/mol. The first-order chi connectivity index (χ1) is 13.7. The number of morpholine rings is 1. The van der Waals surface area contributed by atoms with Crippen molar-refractivity contribution in [3.63, 3.8) is 0 Å². The van der Waals surface area contributed by atoms with Crippen LogP contribution in [0.3, 0.4) is 0 Å². The molecule has 1 fully saturated rings. The minimum atomic E-state index is 0.761. The lowest BCUT2D eigenvalue weighted by molar-refractivity contribution is 0.0378. The number of aryl methyl sites for hydroxylation is 1. The summed E-state index contributed by atoms with van der Waals surface area (Å²) in [7, 11) is 0. The van der Waals surface area contributed by atoms with Gasteiger partial charge in [0.2, 0.25) is 0 Å². The van der Waals surface area contributed by atoms with E-state index in [1.54, 1.807) is 12.5 Å². The minimum Gasteiger partial charge on any atom is -0.379 e. The van der Waals surface area contributed by atoms with E-state index in [4.69, 9.17) is 4.74 Å². The highest BCUT2D eigenvalue weighted by Crippen LogP contribution is 2.29. The van der Waals surface area contributed by atoms with Gasteiger partial charge in [0.05, 0.1) is 25.1 Å². The number of hydrogen-bond donors (Lipinski definition) is 1. The summed E-state index contributed by atoms with van der Waals surface area (Å²) in [6.45, 7) is 10.8. The highest BCUT2D eigenvalue weighted by Gasteiger charge is 2.17. The predicted molar refractivity (Wildman–Crippen MR) is 111 cm³/mol. The lowest BCUT2D eigenvalue weighted by Gasteiger charge is -2.26. The molecule has 1 N–H and O–H groups in total. The number of fused-ring (bicyclic) bond motifs is 1. The summed E-state index contributed by atoms with van der Waals surface area (Å²) in [5.74, 6) is 0.928. The van der Waals surface area contributed by atoms with Crippen LogP contribution in [0.1, 0.15) is 23.2 Å². The molecule has 0 spiro atoms. The van der Waals surface area contributed by atoms with Crippen molar-refractivity contribution in [2.24, 2.45) is 0 Å². The Kier molecular flexibility index (Phi) is 5.83. The number of nitrogens with one attached hydrogen (secondary N) is 1. The van der Waals surface area contributed by atoms with E-state index in [-0.39, 0.29) is 0 Å². The topological polar surface area (TPSA) is 68.1 Å². The minimum absolute atomic E-state index is 0.761. The van der Waals surface area contributed by atoms with E-state index >= 15 is 0 Å². The van der Waals surface area contributed by atoms with Crippen LogP contribution >= 0.6 is 0 Å². The van der Waals surface area contributed by atoms with Crippen molar-refractivity contribution in [1.82, 2.24) is 24.4 Å². The van der Waals surface area contributed by atoms with E-state index in [1.165, 1.54) is 16.8 Å². The van der Waals surface area contributed by atoms with Crippen LogP contribution in [0.25, 0.3) is 11.0 Å². The van der Waals surface area contributed by atoms with Gasteiger partial charge in [-0.25, -0.2) is 9.97 Å². The first-order valence-electron chi connectivity index (χ1n) is 9.97. The number of rotatable bonds is 7. The second-order valence-electron chi connectivity index (χ2n) is 7.31. The summed E-state index contributed by atoms with van der Waals surface area (Å²) in [5.41, 5.74) is 4.59. The molecule has 0 radical (unpaired) electrons. The zero-order chi connectivity index (χ0) is 19.3. The highest BCUT2D eigenvalue weighted by atomic mass is 16.5. The van der Waals surface area contributed by atoms with Gasteiger partial charge in [-0.15, -0.1) is 0 Å². The van der Waals surface area contributed by atoms with Crippen molar-refractivity contribution in [3.8, 4) is 0 Å². The van der Waals surface area contributed by atoms with Crippen LogP contribution in [-0.4, -0.2) is 63.8 Å². The largest absolute Gasteiger partial charge is 0.379 e.